The molecule has 4 nitrogen and oxygen atoms in total. The molecule has 0 atom stereocenters. The van der Waals surface area contributed by atoms with Gasteiger partial charge in [-0.3, -0.25) is 0 Å². The lowest BCUT2D eigenvalue weighted by atomic mass is 9.73. The average Bonchev–Trinajstić information content (AvgIpc) is 3.69. The summed E-state index contributed by atoms with van der Waals surface area (Å²) in [5, 5.41) is 2.36. The van der Waals surface area contributed by atoms with Crippen LogP contribution in [0.5, 0.6) is 0 Å². The second kappa shape index (κ2) is 11.1. The zero-order valence-electron chi connectivity index (χ0n) is 26.9. The fraction of sp³-hybridized carbons (Fsp3) is 0.114. The minimum Gasteiger partial charge on any atom is -0.455 e. The smallest absolute Gasteiger partial charge is 0.164 e. The molecule has 4 heteroatoms. The van der Waals surface area contributed by atoms with Gasteiger partial charge in [-0.2, -0.15) is 0 Å². The Labute approximate surface area is 279 Å². The highest BCUT2D eigenvalue weighted by atomic mass is 16.3. The van der Waals surface area contributed by atoms with Gasteiger partial charge < -0.3 is 4.42 Å². The van der Waals surface area contributed by atoms with E-state index in [0.717, 1.165) is 57.2 Å². The molecular formula is C44H33N3O. The Morgan fingerprint density at radius 3 is 1.65 bits per heavy atom. The molecule has 2 heterocycles. The number of para-hydroxylation sites is 1. The van der Waals surface area contributed by atoms with Gasteiger partial charge in [-0.05, 0) is 52.8 Å². The molecule has 0 N–H and O–H groups in total. The Morgan fingerprint density at radius 1 is 0.500 bits per heavy atom. The Hall–Kier alpha value is -5.87. The van der Waals surface area contributed by atoms with Gasteiger partial charge in [0.1, 0.15) is 11.2 Å². The number of benzene rings is 6. The van der Waals surface area contributed by atoms with Gasteiger partial charge in [-0.15, -0.1) is 0 Å². The summed E-state index contributed by atoms with van der Waals surface area (Å²) < 4.78 is 6.73. The summed E-state index contributed by atoms with van der Waals surface area (Å²) in [7, 11) is 0. The van der Waals surface area contributed by atoms with Crippen LogP contribution in [-0.4, -0.2) is 15.0 Å². The molecule has 0 radical (unpaired) electrons. The number of rotatable bonds is 6. The SMILES string of the molecule is CCC1(CC)c2ccccc2-c2c1cc(-c1ccc(-c3nc(-c4ccccc4)nc(-c4ccccc4)n3)cc1)c1oc3ccccc3c21. The van der Waals surface area contributed by atoms with E-state index in [2.05, 4.69) is 92.7 Å². The lowest BCUT2D eigenvalue weighted by Crippen LogP contribution is -2.23. The van der Waals surface area contributed by atoms with Crippen LogP contribution in [0.1, 0.15) is 37.8 Å². The van der Waals surface area contributed by atoms with Crippen molar-refractivity contribution in [2.45, 2.75) is 32.1 Å². The maximum absolute atomic E-state index is 6.73. The van der Waals surface area contributed by atoms with E-state index in [1.807, 2.05) is 60.7 Å². The van der Waals surface area contributed by atoms with Crippen LogP contribution in [0.15, 0.2) is 144 Å². The van der Waals surface area contributed by atoms with Crippen LogP contribution in [0.4, 0.5) is 0 Å². The third-order valence-electron chi connectivity index (χ3n) is 10.2. The number of hydrogen-bond donors (Lipinski definition) is 0. The normalized spacial score (nSPS) is 13.1. The first-order valence-corrected chi connectivity index (χ1v) is 16.7. The highest BCUT2D eigenvalue weighted by Gasteiger charge is 2.42. The quantitative estimate of drug-likeness (QED) is 0.186. The molecule has 1 aliphatic rings. The van der Waals surface area contributed by atoms with Crippen LogP contribution in [0, 0.1) is 0 Å². The molecule has 0 unspecified atom stereocenters. The van der Waals surface area contributed by atoms with Crippen LogP contribution in [0.3, 0.4) is 0 Å². The van der Waals surface area contributed by atoms with Crippen LogP contribution < -0.4 is 0 Å². The van der Waals surface area contributed by atoms with Gasteiger partial charge in [-0.25, -0.2) is 15.0 Å². The molecule has 6 aromatic carbocycles. The molecule has 9 rings (SSSR count). The monoisotopic (exact) mass is 619 g/mol. The largest absolute Gasteiger partial charge is 0.455 e. The van der Waals surface area contributed by atoms with E-state index in [1.165, 1.54) is 27.6 Å². The van der Waals surface area contributed by atoms with Gasteiger partial charge in [0.25, 0.3) is 0 Å². The van der Waals surface area contributed by atoms with Crippen molar-refractivity contribution in [3.63, 3.8) is 0 Å². The molecule has 0 fully saturated rings. The first-order chi connectivity index (χ1) is 23.7. The summed E-state index contributed by atoms with van der Waals surface area (Å²) in [5.41, 5.74) is 12.3. The highest BCUT2D eigenvalue weighted by molar-refractivity contribution is 6.18. The van der Waals surface area contributed by atoms with Gasteiger partial charge in [0, 0.05) is 38.4 Å². The van der Waals surface area contributed by atoms with Crippen LogP contribution in [0.25, 0.3) is 78.4 Å². The van der Waals surface area contributed by atoms with E-state index < -0.39 is 0 Å². The van der Waals surface area contributed by atoms with Crippen LogP contribution in [0.2, 0.25) is 0 Å². The van der Waals surface area contributed by atoms with Crippen molar-refractivity contribution in [1.82, 2.24) is 15.0 Å². The molecule has 0 amide bonds. The third-order valence-corrected chi connectivity index (χ3v) is 10.2. The molecule has 230 valence electrons. The van der Waals surface area contributed by atoms with Crippen LogP contribution in [-0.2, 0) is 5.41 Å². The number of aromatic nitrogens is 3. The molecular weight excluding hydrogens is 587 g/mol. The van der Waals surface area contributed by atoms with E-state index in [1.54, 1.807) is 0 Å². The average molecular weight is 620 g/mol. The first kappa shape index (κ1) is 28.4. The van der Waals surface area contributed by atoms with Crippen molar-refractivity contribution in [3.8, 4) is 56.4 Å². The molecule has 0 aliphatic heterocycles. The summed E-state index contributed by atoms with van der Waals surface area (Å²) >= 11 is 0. The zero-order valence-corrected chi connectivity index (χ0v) is 26.9. The number of fused-ring (bicyclic) bond motifs is 7. The fourth-order valence-electron chi connectivity index (χ4n) is 7.78. The van der Waals surface area contributed by atoms with Gasteiger partial charge >= 0.3 is 0 Å². The lowest BCUT2D eigenvalue weighted by Gasteiger charge is -2.30. The maximum Gasteiger partial charge on any atom is 0.164 e. The van der Waals surface area contributed by atoms with E-state index >= 15 is 0 Å². The van der Waals surface area contributed by atoms with Gasteiger partial charge in [0.2, 0.25) is 0 Å². The van der Waals surface area contributed by atoms with Crippen molar-refractivity contribution in [3.05, 3.63) is 151 Å². The van der Waals surface area contributed by atoms with Crippen LogP contribution >= 0.6 is 0 Å². The first-order valence-electron chi connectivity index (χ1n) is 16.7. The Morgan fingerprint density at radius 2 is 1.02 bits per heavy atom. The predicted octanol–water partition coefficient (Wildman–Crippen LogP) is 11.5. The summed E-state index contributed by atoms with van der Waals surface area (Å²) in [4.78, 5) is 14.8. The zero-order chi connectivity index (χ0) is 32.2. The van der Waals surface area contributed by atoms with Crippen molar-refractivity contribution in [2.75, 3.05) is 0 Å². The third kappa shape index (κ3) is 4.26. The topological polar surface area (TPSA) is 51.8 Å². The van der Waals surface area contributed by atoms with E-state index in [-0.39, 0.29) is 5.41 Å². The molecule has 2 aromatic heterocycles. The molecule has 0 saturated carbocycles. The number of furan rings is 1. The molecule has 1 aliphatic carbocycles. The summed E-state index contributed by atoms with van der Waals surface area (Å²) in [6.45, 7) is 4.65. The molecule has 0 bridgehead atoms. The molecule has 8 aromatic rings. The van der Waals surface area contributed by atoms with Crippen molar-refractivity contribution < 1.29 is 4.42 Å². The minimum absolute atomic E-state index is 0.0558. The maximum atomic E-state index is 6.73. The standard InChI is InChI=1S/C44H33N3O/c1-3-44(4-2)35-21-13-11-19-32(35)38-36(44)27-34(40-39(38)33-20-12-14-22-37(33)48-40)28-23-25-31(26-24-28)43-46-41(29-15-7-5-8-16-29)45-42(47-43)30-17-9-6-10-18-30/h5-27H,3-4H2,1-2H3. The van der Waals surface area contributed by atoms with Gasteiger partial charge in [0.15, 0.2) is 17.5 Å². The second-order valence-electron chi connectivity index (χ2n) is 12.6. The van der Waals surface area contributed by atoms with Crippen molar-refractivity contribution in [1.29, 1.82) is 0 Å². The van der Waals surface area contributed by atoms with Gasteiger partial charge in [0.05, 0.1) is 0 Å². The second-order valence-corrected chi connectivity index (χ2v) is 12.6. The van der Waals surface area contributed by atoms with E-state index in [4.69, 9.17) is 19.4 Å². The summed E-state index contributed by atoms with van der Waals surface area (Å²) in [5.74, 6) is 1.95. The highest BCUT2D eigenvalue weighted by Crippen LogP contribution is 2.57. The number of hydrogen-bond acceptors (Lipinski definition) is 4. The predicted molar refractivity (Wildman–Crippen MR) is 196 cm³/mol. The number of nitrogens with zero attached hydrogens (tertiary/aromatic N) is 3. The van der Waals surface area contributed by atoms with E-state index in [0.29, 0.717) is 17.5 Å². The lowest BCUT2D eigenvalue weighted by molar-refractivity contribution is 0.490. The van der Waals surface area contributed by atoms with Crippen molar-refractivity contribution in [2.24, 2.45) is 0 Å². The summed E-state index contributed by atoms with van der Waals surface area (Å²) in [6, 6.07) is 48.6. The fourth-order valence-corrected chi connectivity index (χ4v) is 7.78. The van der Waals surface area contributed by atoms with Crippen molar-refractivity contribution >= 4 is 21.9 Å². The van der Waals surface area contributed by atoms with Gasteiger partial charge in [-0.1, -0.05) is 141 Å². The van der Waals surface area contributed by atoms with E-state index in [9.17, 15) is 0 Å². The summed E-state index contributed by atoms with van der Waals surface area (Å²) in [6.07, 6.45) is 2.06. The minimum atomic E-state index is -0.0558. The Kier molecular flexibility index (Phi) is 6.58. The Balaban J connectivity index is 1.23. The Bertz CT molecular complexity index is 2400. The molecule has 0 saturated heterocycles. The molecule has 0 spiro atoms. The molecule has 48 heavy (non-hydrogen) atoms.